The lowest BCUT2D eigenvalue weighted by molar-refractivity contribution is 0.0520. The number of carbonyl (C=O) groups excluding carboxylic acids is 2. The van der Waals surface area contributed by atoms with Gasteiger partial charge in [-0.1, -0.05) is 34.1 Å². The summed E-state index contributed by atoms with van der Waals surface area (Å²) in [5.74, 6) is -0.697. The number of aliphatic hydroxyl groups is 1. The third-order valence-corrected chi connectivity index (χ3v) is 4.22. The molecule has 0 aliphatic rings. The van der Waals surface area contributed by atoms with Gasteiger partial charge in [0.1, 0.15) is 11.3 Å². The number of hydrogen-bond acceptors (Lipinski definition) is 4. The molecule has 1 aromatic heterocycles. The number of aromatic nitrogens is 1. The number of nitrogens with zero attached hydrogens (tertiary/aromatic N) is 1. The van der Waals surface area contributed by atoms with Gasteiger partial charge in [-0.3, -0.25) is 14.6 Å². The van der Waals surface area contributed by atoms with Crippen LogP contribution in [0.2, 0.25) is 0 Å². The highest BCUT2D eigenvalue weighted by atomic mass is 79.9. The van der Waals surface area contributed by atoms with Gasteiger partial charge in [-0.15, -0.1) is 0 Å². The lowest BCUT2D eigenvalue weighted by Crippen LogP contribution is -2.38. The molecule has 2 amide bonds. The second kappa shape index (κ2) is 7.55. The minimum Gasteiger partial charge on any atom is -0.384 e. The summed E-state index contributed by atoms with van der Waals surface area (Å²) in [6.07, 6.45) is 1.33. The molecule has 0 aliphatic carbocycles. The molecule has 0 saturated heterocycles. The van der Waals surface area contributed by atoms with E-state index in [1.165, 1.54) is 25.4 Å². The molecule has 0 fully saturated rings. The maximum Gasteiger partial charge on any atom is 0.269 e. The second-order valence-electron chi connectivity index (χ2n) is 5.45. The van der Waals surface area contributed by atoms with Crippen molar-refractivity contribution in [3.63, 3.8) is 0 Å². The summed E-state index contributed by atoms with van der Waals surface area (Å²) >= 11 is 3.39. The van der Waals surface area contributed by atoms with Gasteiger partial charge in [0, 0.05) is 17.7 Å². The zero-order valence-corrected chi connectivity index (χ0v) is 14.9. The van der Waals surface area contributed by atoms with Crippen molar-refractivity contribution >= 4 is 27.7 Å². The Hall–Kier alpha value is -2.25. The molecular weight excluding hydrogens is 374 g/mol. The number of hydrogen-bond donors (Lipinski definition) is 3. The monoisotopic (exact) mass is 391 g/mol. The topological polar surface area (TPSA) is 91.3 Å². The first-order valence-electron chi connectivity index (χ1n) is 7.29. The fourth-order valence-corrected chi connectivity index (χ4v) is 2.85. The van der Waals surface area contributed by atoms with Crippen LogP contribution in [0.4, 0.5) is 0 Å². The van der Waals surface area contributed by atoms with Gasteiger partial charge in [0.15, 0.2) is 0 Å². The van der Waals surface area contributed by atoms with Crippen LogP contribution >= 0.6 is 15.9 Å². The van der Waals surface area contributed by atoms with Crippen LogP contribution in [0.5, 0.6) is 0 Å². The summed E-state index contributed by atoms with van der Waals surface area (Å²) in [4.78, 5) is 27.6. The predicted octanol–water partition coefficient (Wildman–Crippen LogP) is 1.84. The summed E-state index contributed by atoms with van der Waals surface area (Å²) < 4.78 is 0.765. The zero-order chi connectivity index (χ0) is 17.7. The van der Waals surface area contributed by atoms with E-state index in [1.807, 2.05) is 18.2 Å². The van der Waals surface area contributed by atoms with Crippen LogP contribution in [0.25, 0.3) is 0 Å². The maximum absolute atomic E-state index is 12.2. The summed E-state index contributed by atoms with van der Waals surface area (Å²) in [5, 5.41) is 15.7. The minimum absolute atomic E-state index is 0.0334. The Kier molecular flexibility index (Phi) is 5.69. The van der Waals surface area contributed by atoms with E-state index in [0.717, 1.165) is 4.47 Å². The lowest BCUT2D eigenvalue weighted by atomic mass is 9.96. The Morgan fingerprint density at radius 1 is 1.21 bits per heavy atom. The highest BCUT2D eigenvalue weighted by molar-refractivity contribution is 9.10. The van der Waals surface area contributed by atoms with E-state index in [1.54, 1.807) is 13.0 Å². The van der Waals surface area contributed by atoms with E-state index in [4.69, 9.17) is 0 Å². The number of benzene rings is 1. The van der Waals surface area contributed by atoms with Crippen molar-refractivity contribution in [2.24, 2.45) is 0 Å². The largest absolute Gasteiger partial charge is 0.384 e. The van der Waals surface area contributed by atoms with Gasteiger partial charge in [-0.2, -0.15) is 0 Å². The molecule has 126 valence electrons. The summed E-state index contributed by atoms with van der Waals surface area (Å²) in [7, 11) is 1.51. The van der Waals surface area contributed by atoms with Crippen molar-refractivity contribution in [3.8, 4) is 0 Å². The molecule has 1 atom stereocenters. The molecule has 1 unspecified atom stereocenters. The summed E-state index contributed by atoms with van der Waals surface area (Å²) in [5.41, 5.74) is -0.0103. The summed E-state index contributed by atoms with van der Waals surface area (Å²) in [6.45, 7) is 1.66. The van der Waals surface area contributed by atoms with Gasteiger partial charge in [-0.25, -0.2) is 0 Å². The molecule has 2 rings (SSSR count). The molecule has 0 saturated carbocycles. The third-order valence-electron chi connectivity index (χ3n) is 3.53. The standard InChI is InChI=1S/C17H18BrN3O3/c1-17(24,12-5-3-4-6-13(12)18)10-21-15(22)11-7-8-14(20-9-11)16(23)19-2/h3-9,24H,10H2,1-2H3,(H,19,23)(H,21,22). The normalized spacial score (nSPS) is 13.0. The van der Waals surface area contributed by atoms with Crippen LogP contribution in [-0.2, 0) is 5.60 Å². The van der Waals surface area contributed by atoms with Gasteiger partial charge < -0.3 is 15.7 Å². The number of pyridine rings is 1. The van der Waals surface area contributed by atoms with Gasteiger partial charge in [0.25, 0.3) is 11.8 Å². The van der Waals surface area contributed by atoms with Gasteiger partial charge in [-0.05, 0) is 30.7 Å². The smallest absolute Gasteiger partial charge is 0.269 e. The van der Waals surface area contributed by atoms with Crippen molar-refractivity contribution in [3.05, 3.63) is 63.9 Å². The van der Waals surface area contributed by atoms with Gasteiger partial charge in [0.2, 0.25) is 0 Å². The van der Waals surface area contributed by atoms with Crippen molar-refractivity contribution in [2.45, 2.75) is 12.5 Å². The van der Waals surface area contributed by atoms with Crippen molar-refractivity contribution < 1.29 is 14.7 Å². The number of rotatable bonds is 5. The number of carbonyl (C=O) groups is 2. The molecular formula is C17H18BrN3O3. The van der Waals surface area contributed by atoms with Crippen molar-refractivity contribution in [2.75, 3.05) is 13.6 Å². The van der Waals surface area contributed by atoms with Gasteiger partial charge >= 0.3 is 0 Å². The van der Waals surface area contributed by atoms with Crippen LogP contribution in [-0.4, -0.2) is 35.5 Å². The van der Waals surface area contributed by atoms with E-state index in [9.17, 15) is 14.7 Å². The van der Waals surface area contributed by atoms with Crippen LogP contribution in [0.3, 0.4) is 0 Å². The molecule has 3 N–H and O–H groups in total. The first-order chi connectivity index (χ1) is 11.3. The van der Waals surface area contributed by atoms with Crippen LogP contribution in [0, 0.1) is 0 Å². The molecule has 6 nitrogen and oxygen atoms in total. The van der Waals surface area contributed by atoms with Gasteiger partial charge in [0.05, 0.1) is 12.1 Å². The molecule has 0 radical (unpaired) electrons. The Morgan fingerprint density at radius 2 is 1.92 bits per heavy atom. The van der Waals surface area contributed by atoms with E-state index in [2.05, 4.69) is 31.5 Å². The van der Waals surface area contributed by atoms with E-state index < -0.39 is 5.60 Å². The average Bonchev–Trinajstić information content (AvgIpc) is 2.59. The lowest BCUT2D eigenvalue weighted by Gasteiger charge is -2.25. The molecule has 0 bridgehead atoms. The zero-order valence-electron chi connectivity index (χ0n) is 13.3. The molecule has 24 heavy (non-hydrogen) atoms. The first kappa shape index (κ1) is 18.1. The molecule has 1 aromatic carbocycles. The highest BCUT2D eigenvalue weighted by Gasteiger charge is 2.26. The number of halogens is 1. The van der Waals surface area contributed by atoms with Crippen LogP contribution in [0.1, 0.15) is 33.3 Å². The molecule has 0 aliphatic heterocycles. The fourth-order valence-electron chi connectivity index (χ4n) is 2.14. The fraction of sp³-hybridized carbons (Fsp3) is 0.235. The van der Waals surface area contributed by atoms with Crippen molar-refractivity contribution in [1.29, 1.82) is 0 Å². The maximum atomic E-state index is 12.2. The summed E-state index contributed by atoms with van der Waals surface area (Å²) in [6, 6.07) is 10.3. The molecule has 7 heteroatoms. The second-order valence-corrected chi connectivity index (χ2v) is 6.30. The first-order valence-corrected chi connectivity index (χ1v) is 8.08. The third kappa shape index (κ3) is 4.18. The van der Waals surface area contributed by atoms with E-state index >= 15 is 0 Å². The Bertz CT molecular complexity index is 745. The van der Waals surface area contributed by atoms with Crippen LogP contribution in [0.15, 0.2) is 47.1 Å². The average molecular weight is 392 g/mol. The SMILES string of the molecule is CNC(=O)c1ccc(C(=O)NCC(C)(O)c2ccccc2Br)cn1. The minimum atomic E-state index is -1.23. The highest BCUT2D eigenvalue weighted by Crippen LogP contribution is 2.27. The predicted molar refractivity (Wildman–Crippen MR) is 93.7 cm³/mol. The quantitative estimate of drug-likeness (QED) is 0.724. The molecule has 1 heterocycles. The Morgan fingerprint density at radius 3 is 2.50 bits per heavy atom. The van der Waals surface area contributed by atoms with Crippen molar-refractivity contribution in [1.82, 2.24) is 15.6 Å². The van der Waals surface area contributed by atoms with E-state index in [0.29, 0.717) is 11.1 Å². The number of nitrogens with one attached hydrogen (secondary N) is 2. The number of amides is 2. The van der Waals surface area contributed by atoms with E-state index in [-0.39, 0.29) is 24.1 Å². The Balaban J connectivity index is 2.05. The molecule has 0 spiro atoms. The van der Waals surface area contributed by atoms with Crippen LogP contribution < -0.4 is 10.6 Å². The Labute approximate surface area is 148 Å². The molecule has 2 aromatic rings.